The van der Waals surface area contributed by atoms with Crippen LogP contribution in [0.25, 0.3) is 0 Å². The molecule has 0 saturated carbocycles. The van der Waals surface area contributed by atoms with Crippen LogP contribution in [0.5, 0.6) is 0 Å². The number of rotatable bonds is 7. The van der Waals surface area contributed by atoms with Crippen LogP contribution in [0.1, 0.15) is 45.7 Å². The van der Waals surface area contributed by atoms with Crippen molar-refractivity contribution >= 4 is 51.3 Å². The van der Waals surface area contributed by atoms with Gasteiger partial charge in [-0.1, -0.05) is 30.3 Å². The lowest BCUT2D eigenvalue weighted by Gasteiger charge is -2.43. The van der Waals surface area contributed by atoms with Crippen molar-refractivity contribution in [3.05, 3.63) is 35.9 Å². The summed E-state index contributed by atoms with van der Waals surface area (Å²) >= 11 is 1.48. The minimum absolute atomic E-state index is 0.114. The number of benzene rings is 1. The number of fused-ring (bicyclic) bond motifs is 2. The molecule has 13 nitrogen and oxygen atoms in total. The summed E-state index contributed by atoms with van der Waals surface area (Å²) in [5, 5.41) is 0.806. The quantitative estimate of drug-likeness (QED) is 0.234. The van der Waals surface area contributed by atoms with Crippen molar-refractivity contribution in [3.63, 3.8) is 0 Å². The number of esters is 2. The molecule has 3 amide bonds. The highest BCUT2D eigenvalue weighted by Gasteiger charge is 2.73. The molecule has 4 aliphatic heterocycles. The minimum atomic E-state index is -4.17. The van der Waals surface area contributed by atoms with Crippen LogP contribution < -0.4 is 11.1 Å². The number of nitrogens with one attached hydrogen (secondary N) is 1. The number of amides is 3. The highest BCUT2D eigenvalue weighted by Crippen LogP contribution is 2.51. The average Bonchev–Trinajstić information content (AvgIpc) is 3.19. The van der Waals surface area contributed by atoms with Gasteiger partial charge in [0.15, 0.2) is 15.2 Å². The number of carbonyl (C=O) groups is 5. The summed E-state index contributed by atoms with van der Waals surface area (Å²) in [6.07, 6.45) is 0.336. The molecule has 0 radical (unpaired) electrons. The topological polar surface area (TPSA) is 182 Å². The van der Waals surface area contributed by atoms with Crippen LogP contribution in [-0.2, 0) is 43.3 Å². The maximum Gasteiger partial charge on any atom is 0.333 e. The van der Waals surface area contributed by atoms with Gasteiger partial charge in [0.25, 0.3) is 0 Å². The molecular weight excluding hydrogens is 564 g/mol. The van der Waals surface area contributed by atoms with Gasteiger partial charge in [0.05, 0.1) is 11.8 Å². The molecule has 4 aliphatic rings. The largest absolute Gasteiger partial charge is 0.426 e. The lowest BCUT2D eigenvalue weighted by Crippen LogP contribution is -2.72. The Morgan fingerprint density at radius 2 is 1.65 bits per heavy atom. The van der Waals surface area contributed by atoms with E-state index < -0.39 is 79.4 Å². The van der Waals surface area contributed by atoms with E-state index in [0.717, 1.165) is 4.90 Å². The van der Waals surface area contributed by atoms with Gasteiger partial charge in [-0.2, -0.15) is 0 Å². The lowest BCUT2D eigenvalue weighted by atomic mass is 9.95. The van der Waals surface area contributed by atoms with E-state index in [-0.39, 0.29) is 11.3 Å². The van der Waals surface area contributed by atoms with Crippen LogP contribution >= 0.6 is 11.8 Å². The fourth-order valence-electron chi connectivity index (χ4n) is 5.74. The van der Waals surface area contributed by atoms with E-state index in [0.29, 0.717) is 12.0 Å². The fraction of sp³-hybridized carbons (Fsp3) is 0.560. The molecule has 5 rings (SSSR count). The molecule has 0 aromatic heterocycles. The van der Waals surface area contributed by atoms with E-state index in [9.17, 15) is 32.4 Å². The maximum atomic E-state index is 13.4. The zero-order chi connectivity index (χ0) is 29.4. The Bertz CT molecular complexity index is 1400. The Balaban J connectivity index is 1.24. The second-order valence-corrected chi connectivity index (χ2v) is 15.6. The van der Waals surface area contributed by atoms with Crippen molar-refractivity contribution in [2.24, 2.45) is 5.73 Å². The van der Waals surface area contributed by atoms with Crippen molar-refractivity contribution in [1.29, 1.82) is 0 Å². The van der Waals surface area contributed by atoms with Gasteiger partial charge in [-0.05, 0) is 33.3 Å². The number of hydrogen-bond donors (Lipinski definition) is 2. The highest BCUT2D eigenvalue weighted by molar-refractivity contribution is 8.01. The van der Waals surface area contributed by atoms with Gasteiger partial charge in [0.1, 0.15) is 28.9 Å². The molecule has 0 spiro atoms. The molecule has 216 valence electrons. The molecule has 0 bridgehead atoms. The monoisotopic (exact) mass is 594 g/mol. The predicted octanol–water partition coefficient (Wildman–Crippen LogP) is -0.589. The standard InChI is InChI=1S/C25H30N4O9S2/c1-24(2)17(28-13(30)10-14(28)39-24)22(33)37-11-38-23(34)18-25(3,4)40(35,36)21-16(20(32)29(18)21)27-19(31)15(26)12-8-6-5-7-9-12/h5-9,14-18,21H,10-11,26H2,1-4H3,(H,27,31)/t14-,15+,16+,17?,18-,21+/m0/s1. The van der Waals surface area contributed by atoms with Crippen LogP contribution in [0.3, 0.4) is 0 Å². The summed E-state index contributed by atoms with van der Waals surface area (Å²) in [5.41, 5.74) is 6.46. The zero-order valence-corrected chi connectivity index (χ0v) is 23.9. The molecule has 4 heterocycles. The number of nitrogens with zero attached hydrogens (tertiary/aromatic N) is 2. The Morgan fingerprint density at radius 1 is 1.05 bits per heavy atom. The third-order valence-electron chi connectivity index (χ3n) is 7.98. The van der Waals surface area contributed by atoms with Crippen molar-refractivity contribution in [2.75, 3.05) is 6.79 Å². The number of carbonyl (C=O) groups excluding carboxylic acids is 5. The van der Waals surface area contributed by atoms with E-state index in [1.54, 1.807) is 30.3 Å². The third-order valence-corrected chi connectivity index (χ3v) is 12.3. The summed E-state index contributed by atoms with van der Waals surface area (Å²) in [6, 6.07) is 3.40. The maximum absolute atomic E-state index is 13.4. The molecule has 1 aromatic rings. The van der Waals surface area contributed by atoms with Gasteiger partial charge >= 0.3 is 11.9 Å². The summed E-state index contributed by atoms with van der Waals surface area (Å²) in [7, 11) is -4.17. The molecule has 3 N–H and O–H groups in total. The van der Waals surface area contributed by atoms with Gasteiger partial charge in [0.2, 0.25) is 24.5 Å². The van der Waals surface area contributed by atoms with Crippen LogP contribution in [-0.4, -0.2) is 93.0 Å². The second kappa shape index (κ2) is 9.45. The van der Waals surface area contributed by atoms with Crippen LogP contribution in [0.4, 0.5) is 0 Å². The first kappa shape index (κ1) is 28.4. The Labute approximate surface area is 235 Å². The van der Waals surface area contributed by atoms with Gasteiger partial charge in [0, 0.05) is 4.75 Å². The van der Waals surface area contributed by atoms with Crippen LogP contribution in [0, 0.1) is 0 Å². The molecule has 1 unspecified atom stereocenters. The van der Waals surface area contributed by atoms with Gasteiger partial charge < -0.3 is 30.3 Å². The second-order valence-electron chi connectivity index (χ2n) is 11.2. The average molecular weight is 595 g/mol. The first-order valence-corrected chi connectivity index (χ1v) is 15.0. The normalized spacial score (nSPS) is 31.3. The summed E-state index contributed by atoms with van der Waals surface area (Å²) in [5.74, 6) is -3.53. The van der Waals surface area contributed by atoms with Gasteiger partial charge in [-0.3, -0.25) is 14.4 Å². The molecule has 6 atom stereocenters. The Morgan fingerprint density at radius 3 is 2.25 bits per heavy atom. The van der Waals surface area contributed by atoms with Crippen LogP contribution in [0.2, 0.25) is 0 Å². The smallest absolute Gasteiger partial charge is 0.333 e. The fourth-order valence-corrected chi connectivity index (χ4v) is 9.57. The number of sulfone groups is 1. The number of β-lactam (4-membered cyclic amide) rings is 2. The van der Waals surface area contributed by atoms with Gasteiger partial charge in [-0.25, -0.2) is 18.0 Å². The first-order chi connectivity index (χ1) is 18.6. The van der Waals surface area contributed by atoms with Crippen molar-refractivity contribution < 1.29 is 41.9 Å². The number of ether oxygens (including phenoxy) is 2. The first-order valence-electron chi connectivity index (χ1n) is 12.6. The SMILES string of the molecule is CC1(C)S[C@H]2CC(=O)N2C1C(=O)OCOC(=O)[C@@H]1N2C(=O)[C@@H](NC(=O)[C@H](N)c3ccccc3)[C@H]2S(=O)(=O)C1(C)C. The molecule has 15 heteroatoms. The molecule has 40 heavy (non-hydrogen) atoms. The van der Waals surface area contributed by atoms with E-state index in [4.69, 9.17) is 15.2 Å². The zero-order valence-electron chi connectivity index (χ0n) is 22.2. The van der Waals surface area contributed by atoms with E-state index >= 15 is 0 Å². The minimum Gasteiger partial charge on any atom is -0.426 e. The van der Waals surface area contributed by atoms with E-state index in [1.807, 2.05) is 13.8 Å². The molecule has 4 saturated heterocycles. The molecular formula is C25H30N4O9S2. The van der Waals surface area contributed by atoms with Crippen molar-refractivity contribution in [1.82, 2.24) is 15.1 Å². The summed E-state index contributed by atoms with van der Waals surface area (Å²) in [4.78, 5) is 65.9. The molecule has 1 aromatic carbocycles. The van der Waals surface area contributed by atoms with Gasteiger partial charge in [-0.15, -0.1) is 11.8 Å². The van der Waals surface area contributed by atoms with E-state index in [1.165, 1.54) is 30.5 Å². The number of hydrogen-bond acceptors (Lipinski definition) is 11. The Kier molecular flexibility index (Phi) is 6.70. The predicted molar refractivity (Wildman–Crippen MR) is 140 cm³/mol. The highest BCUT2D eigenvalue weighted by atomic mass is 32.2. The third kappa shape index (κ3) is 4.08. The van der Waals surface area contributed by atoms with Crippen LogP contribution in [0.15, 0.2) is 30.3 Å². The molecule has 4 fully saturated rings. The summed E-state index contributed by atoms with van der Waals surface area (Å²) < 4.78 is 34.7. The number of nitrogens with two attached hydrogens (primary N) is 1. The summed E-state index contributed by atoms with van der Waals surface area (Å²) in [6.45, 7) is 5.37. The van der Waals surface area contributed by atoms with E-state index in [2.05, 4.69) is 5.32 Å². The van der Waals surface area contributed by atoms with Crippen molar-refractivity contribution in [3.8, 4) is 0 Å². The number of thioether (sulfide) groups is 1. The van der Waals surface area contributed by atoms with Crippen molar-refractivity contribution in [2.45, 2.75) is 78.5 Å². The Hall–Kier alpha value is -3.17. The molecule has 0 aliphatic carbocycles. The lowest BCUT2D eigenvalue weighted by molar-refractivity contribution is -0.181.